The Kier molecular flexibility index (Phi) is 6.92. The third-order valence-corrected chi connectivity index (χ3v) is 5.21. The van der Waals surface area contributed by atoms with Crippen molar-refractivity contribution in [3.05, 3.63) is 29.8 Å². The van der Waals surface area contributed by atoms with Gasteiger partial charge in [-0.05, 0) is 44.5 Å². The van der Waals surface area contributed by atoms with E-state index in [0.717, 1.165) is 5.56 Å². The van der Waals surface area contributed by atoms with Gasteiger partial charge < -0.3 is 10.4 Å². The predicted octanol–water partition coefficient (Wildman–Crippen LogP) is 1.29. The molecule has 0 saturated carbocycles. The van der Waals surface area contributed by atoms with E-state index >= 15 is 0 Å². The van der Waals surface area contributed by atoms with Gasteiger partial charge in [-0.2, -0.15) is 0 Å². The number of sulfonamides is 1. The van der Waals surface area contributed by atoms with Crippen molar-refractivity contribution in [3.63, 3.8) is 0 Å². The molecule has 0 aliphatic carbocycles. The largest absolute Gasteiger partial charge is 0.480 e. The maximum absolute atomic E-state index is 12.0. The maximum atomic E-state index is 12.0. The number of aryl methyl sites for hydroxylation is 1. The van der Waals surface area contributed by atoms with Crippen LogP contribution in [0.1, 0.15) is 38.7 Å². The number of hydrogen-bond donors (Lipinski definition) is 3. The number of benzene rings is 1. The van der Waals surface area contributed by atoms with Crippen LogP contribution in [0.5, 0.6) is 0 Å². The van der Waals surface area contributed by atoms with Gasteiger partial charge in [0, 0.05) is 6.42 Å². The quantitative estimate of drug-likeness (QED) is 0.617. The molecular formula is C16H24N2O5S. The van der Waals surface area contributed by atoms with E-state index in [1.54, 1.807) is 12.1 Å². The number of carbonyl (C=O) groups excluding carboxylic acids is 1. The third-order valence-electron chi connectivity index (χ3n) is 3.78. The van der Waals surface area contributed by atoms with E-state index < -0.39 is 21.5 Å². The Labute approximate surface area is 142 Å². The van der Waals surface area contributed by atoms with Crippen molar-refractivity contribution in [2.24, 2.45) is 0 Å². The summed E-state index contributed by atoms with van der Waals surface area (Å²) in [5, 5.41) is 11.8. The van der Waals surface area contributed by atoms with Crippen LogP contribution < -0.4 is 10.0 Å². The fourth-order valence-corrected chi connectivity index (χ4v) is 3.03. The number of nitrogens with one attached hydrogen (secondary N) is 2. The first kappa shape index (κ1) is 20.1. The molecule has 1 amide bonds. The summed E-state index contributed by atoms with van der Waals surface area (Å²) in [6.45, 7) is 3.35. The number of amides is 1. The van der Waals surface area contributed by atoms with Gasteiger partial charge in [-0.25, -0.2) is 17.9 Å². The molecule has 1 unspecified atom stereocenters. The van der Waals surface area contributed by atoms with Crippen molar-refractivity contribution in [2.45, 2.75) is 50.0 Å². The first-order chi connectivity index (χ1) is 11.1. The maximum Gasteiger partial charge on any atom is 0.329 e. The van der Waals surface area contributed by atoms with E-state index in [1.807, 2.05) is 6.92 Å². The molecular weight excluding hydrogens is 332 g/mol. The second kappa shape index (κ2) is 8.25. The molecule has 3 N–H and O–H groups in total. The molecule has 0 aliphatic heterocycles. The minimum atomic E-state index is -3.48. The molecule has 134 valence electrons. The van der Waals surface area contributed by atoms with Gasteiger partial charge in [0.25, 0.3) is 0 Å². The molecule has 0 bridgehead atoms. The number of carbonyl (C=O) groups is 2. The van der Waals surface area contributed by atoms with Crippen LogP contribution >= 0.6 is 0 Å². The van der Waals surface area contributed by atoms with Crippen LogP contribution in [-0.4, -0.2) is 38.0 Å². The monoisotopic (exact) mass is 356 g/mol. The molecule has 1 aromatic rings. The van der Waals surface area contributed by atoms with Crippen molar-refractivity contribution in [1.29, 1.82) is 0 Å². The number of carboxylic acids is 1. The summed E-state index contributed by atoms with van der Waals surface area (Å²) >= 11 is 0. The van der Waals surface area contributed by atoms with E-state index in [9.17, 15) is 23.1 Å². The van der Waals surface area contributed by atoms with Crippen LogP contribution in [0.2, 0.25) is 0 Å². The van der Waals surface area contributed by atoms with Crippen molar-refractivity contribution >= 4 is 21.9 Å². The van der Waals surface area contributed by atoms with E-state index in [2.05, 4.69) is 10.0 Å². The number of rotatable bonds is 9. The van der Waals surface area contributed by atoms with Crippen LogP contribution in [0.3, 0.4) is 0 Å². The Bertz CT molecular complexity index is 685. The Morgan fingerprint density at radius 3 is 2.25 bits per heavy atom. The summed E-state index contributed by atoms with van der Waals surface area (Å²) in [5.74, 6) is -1.40. The zero-order chi connectivity index (χ0) is 18.4. The molecule has 0 fully saturated rings. The topological polar surface area (TPSA) is 113 Å². The third kappa shape index (κ3) is 5.31. The molecule has 1 rings (SSSR count). The highest BCUT2D eigenvalue weighted by Crippen LogP contribution is 2.14. The fourth-order valence-electron chi connectivity index (χ4n) is 2.30. The standard InChI is InChI=1S/C16H24N2O5S/c1-4-11-16(2,15(20)21)18-14(19)10-7-12-5-8-13(9-6-12)24(22,23)17-3/h5-6,8-9,17H,4,7,10-11H2,1-3H3,(H,18,19)(H,20,21). The van der Waals surface area contributed by atoms with Gasteiger partial charge in [0.2, 0.25) is 15.9 Å². The van der Waals surface area contributed by atoms with E-state index in [1.165, 1.54) is 26.1 Å². The van der Waals surface area contributed by atoms with Crippen LogP contribution in [0.4, 0.5) is 0 Å². The molecule has 0 spiro atoms. The van der Waals surface area contributed by atoms with Crippen LogP contribution in [-0.2, 0) is 26.0 Å². The summed E-state index contributed by atoms with van der Waals surface area (Å²) < 4.78 is 25.5. The normalized spacial score (nSPS) is 14.0. The van der Waals surface area contributed by atoms with E-state index in [0.29, 0.717) is 19.3 Å². The lowest BCUT2D eigenvalue weighted by molar-refractivity contribution is -0.147. The van der Waals surface area contributed by atoms with Crippen molar-refractivity contribution < 1.29 is 23.1 Å². The summed E-state index contributed by atoms with van der Waals surface area (Å²) in [4.78, 5) is 23.5. The first-order valence-electron chi connectivity index (χ1n) is 7.71. The SMILES string of the molecule is CCCC(C)(NC(=O)CCc1ccc(S(=O)(=O)NC)cc1)C(=O)O. The molecule has 0 aromatic heterocycles. The highest BCUT2D eigenvalue weighted by atomic mass is 32.2. The Balaban J connectivity index is 2.66. The first-order valence-corrected chi connectivity index (χ1v) is 9.20. The minimum Gasteiger partial charge on any atom is -0.480 e. The van der Waals surface area contributed by atoms with Crippen LogP contribution in [0.15, 0.2) is 29.2 Å². The van der Waals surface area contributed by atoms with Gasteiger partial charge in [0.05, 0.1) is 4.90 Å². The molecule has 1 atom stereocenters. The molecule has 7 nitrogen and oxygen atoms in total. The second-order valence-electron chi connectivity index (χ2n) is 5.79. The fraction of sp³-hybridized carbons (Fsp3) is 0.500. The van der Waals surface area contributed by atoms with Crippen LogP contribution in [0, 0.1) is 0 Å². The zero-order valence-electron chi connectivity index (χ0n) is 14.1. The second-order valence-corrected chi connectivity index (χ2v) is 7.67. The highest BCUT2D eigenvalue weighted by Gasteiger charge is 2.33. The lowest BCUT2D eigenvalue weighted by Gasteiger charge is -2.25. The summed E-state index contributed by atoms with van der Waals surface area (Å²) in [6, 6.07) is 6.22. The Morgan fingerprint density at radius 1 is 1.21 bits per heavy atom. The van der Waals surface area contributed by atoms with Gasteiger partial charge in [0.15, 0.2) is 0 Å². The van der Waals surface area contributed by atoms with Gasteiger partial charge in [-0.15, -0.1) is 0 Å². The summed E-state index contributed by atoms with van der Waals surface area (Å²) in [7, 11) is -2.14. The Hall–Kier alpha value is -1.93. The van der Waals surface area contributed by atoms with Gasteiger partial charge in [-0.1, -0.05) is 25.5 Å². The molecule has 0 aliphatic rings. The summed E-state index contributed by atoms with van der Waals surface area (Å²) in [6.07, 6.45) is 1.52. The summed E-state index contributed by atoms with van der Waals surface area (Å²) in [5.41, 5.74) is -0.468. The predicted molar refractivity (Wildman–Crippen MR) is 90.1 cm³/mol. The van der Waals surface area contributed by atoms with E-state index in [-0.39, 0.29) is 17.2 Å². The van der Waals surface area contributed by atoms with Crippen molar-refractivity contribution in [1.82, 2.24) is 10.0 Å². The smallest absolute Gasteiger partial charge is 0.329 e. The molecule has 8 heteroatoms. The highest BCUT2D eigenvalue weighted by molar-refractivity contribution is 7.89. The molecule has 0 heterocycles. The average molecular weight is 356 g/mol. The van der Waals surface area contributed by atoms with Gasteiger partial charge in [0.1, 0.15) is 5.54 Å². The molecule has 0 saturated heterocycles. The number of hydrogen-bond acceptors (Lipinski definition) is 4. The van der Waals surface area contributed by atoms with Gasteiger partial charge >= 0.3 is 5.97 Å². The van der Waals surface area contributed by atoms with E-state index in [4.69, 9.17) is 0 Å². The minimum absolute atomic E-state index is 0.130. The molecule has 1 aromatic carbocycles. The van der Waals surface area contributed by atoms with Gasteiger partial charge in [-0.3, -0.25) is 4.79 Å². The van der Waals surface area contributed by atoms with Crippen molar-refractivity contribution in [3.8, 4) is 0 Å². The lowest BCUT2D eigenvalue weighted by Crippen LogP contribution is -2.52. The number of carboxylic acid groups (broad SMARTS) is 1. The Morgan fingerprint density at radius 2 is 1.79 bits per heavy atom. The number of aliphatic carboxylic acids is 1. The molecule has 24 heavy (non-hydrogen) atoms. The van der Waals surface area contributed by atoms with Crippen LogP contribution in [0.25, 0.3) is 0 Å². The molecule has 0 radical (unpaired) electrons. The van der Waals surface area contributed by atoms with Crippen molar-refractivity contribution in [2.75, 3.05) is 7.05 Å². The zero-order valence-corrected chi connectivity index (χ0v) is 14.9. The lowest BCUT2D eigenvalue weighted by atomic mass is 9.96. The average Bonchev–Trinajstić information content (AvgIpc) is 2.53.